The molecular weight excluding hydrogens is 442 g/mol. The molecule has 8 nitrogen and oxygen atoms in total. The van der Waals surface area contributed by atoms with Gasteiger partial charge in [0.1, 0.15) is 5.84 Å². The lowest BCUT2D eigenvalue weighted by Gasteiger charge is -2.33. The number of anilines is 1. The van der Waals surface area contributed by atoms with Gasteiger partial charge in [0.2, 0.25) is 5.91 Å². The molecule has 0 saturated heterocycles. The minimum Gasteiger partial charge on any atom is -0.384 e. The van der Waals surface area contributed by atoms with Gasteiger partial charge in [-0.1, -0.05) is 56.3 Å². The number of nitrogens with two attached hydrogens (primary N) is 2. The first-order chi connectivity index (χ1) is 16.8. The summed E-state index contributed by atoms with van der Waals surface area (Å²) >= 11 is 0. The number of likely N-dealkylation sites (N-methyl/N-ethyl adjacent to an activating group) is 1. The number of nitrogen functional groups attached to an aromatic ring is 1. The Kier molecular flexibility index (Phi) is 8.35. The van der Waals surface area contributed by atoms with Gasteiger partial charge in [0.05, 0.1) is 6.04 Å². The van der Waals surface area contributed by atoms with Crippen LogP contribution in [0.15, 0.2) is 72.8 Å². The Morgan fingerprint density at radius 3 is 2.09 bits per heavy atom. The lowest BCUT2D eigenvalue weighted by atomic mass is 9.94. The molecule has 0 aliphatic heterocycles. The van der Waals surface area contributed by atoms with Gasteiger partial charge in [-0.2, -0.15) is 0 Å². The molecule has 0 heterocycles. The fraction of sp³-hybridized carbons (Fsp3) is 0.222. The molecule has 0 spiro atoms. The van der Waals surface area contributed by atoms with E-state index in [-0.39, 0.29) is 5.84 Å². The third kappa shape index (κ3) is 5.92. The Balaban J connectivity index is 1.88. The van der Waals surface area contributed by atoms with Crippen LogP contribution >= 0.6 is 0 Å². The van der Waals surface area contributed by atoms with Crippen molar-refractivity contribution < 1.29 is 14.7 Å². The van der Waals surface area contributed by atoms with Crippen LogP contribution in [0.2, 0.25) is 0 Å². The Morgan fingerprint density at radius 2 is 1.54 bits per heavy atom. The normalized spacial score (nSPS) is 12.7. The molecule has 0 aliphatic rings. The Morgan fingerprint density at radius 1 is 0.943 bits per heavy atom. The summed E-state index contributed by atoms with van der Waals surface area (Å²) in [5.41, 5.74) is 14.8. The Bertz CT molecular complexity index is 1190. The number of aliphatic hydroxyl groups excluding tert-OH is 1. The largest absolute Gasteiger partial charge is 0.384 e. The molecule has 35 heavy (non-hydrogen) atoms. The first-order valence-electron chi connectivity index (χ1n) is 11.4. The highest BCUT2D eigenvalue weighted by molar-refractivity contribution is 6.00. The SMILES string of the molecule is CCN(CC)C(c1ccc(-c2ccccc2C(N)=O)cc1)C(O)C(=O)Nc1ccc(C(=N)N)cc1. The predicted molar refractivity (Wildman–Crippen MR) is 138 cm³/mol. The van der Waals surface area contributed by atoms with Crippen LogP contribution in [0.3, 0.4) is 0 Å². The minimum atomic E-state index is -1.34. The van der Waals surface area contributed by atoms with Crippen LogP contribution in [0, 0.1) is 5.41 Å². The quantitative estimate of drug-likeness (QED) is 0.227. The maximum Gasteiger partial charge on any atom is 0.255 e. The molecule has 3 aromatic carbocycles. The van der Waals surface area contributed by atoms with E-state index in [4.69, 9.17) is 16.9 Å². The zero-order valence-electron chi connectivity index (χ0n) is 19.9. The number of nitrogens with one attached hydrogen (secondary N) is 2. The number of aliphatic hydroxyl groups is 1. The number of amidine groups is 1. The van der Waals surface area contributed by atoms with Gasteiger partial charge in [0.25, 0.3) is 5.91 Å². The van der Waals surface area contributed by atoms with E-state index in [0.29, 0.717) is 29.9 Å². The second-order valence-electron chi connectivity index (χ2n) is 8.12. The molecule has 8 heteroatoms. The number of hydrogen-bond acceptors (Lipinski definition) is 5. The summed E-state index contributed by atoms with van der Waals surface area (Å²) in [6.45, 7) is 5.20. The van der Waals surface area contributed by atoms with Crippen molar-refractivity contribution in [1.82, 2.24) is 4.90 Å². The molecule has 2 amide bonds. The number of primary amides is 1. The standard InChI is InChI=1S/C27H31N5O3/c1-3-32(4-2)23(24(33)27(35)31-20-15-13-19(14-16-20)25(28)29)18-11-9-17(10-12-18)21-7-5-6-8-22(21)26(30)34/h5-16,23-24,33H,3-4H2,1-2H3,(H3,28,29)(H2,30,34)(H,31,35). The lowest BCUT2D eigenvalue weighted by Crippen LogP contribution is -2.42. The van der Waals surface area contributed by atoms with Gasteiger partial charge in [0.15, 0.2) is 6.10 Å². The van der Waals surface area contributed by atoms with E-state index in [2.05, 4.69) is 5.32 Å². The fourth-order valence-corrected chi connectivity index (χ4v) is 4.11. The van der Waals surface area contributed by atoms with E-state index in [0.717, 1.165) is 16.7 Å². The van der Waals surface area contributed by atoms with Crippen molar-refractivity contribution in [2.75, 3.05) is 18.4 Å². The third-order valence-corrected chi connectivity index (χ3v) is 5.99. The summed E-state index contributed by atoms with van der Waals surface area (Å²) in [5.74, 6) is -1.11. The van der Waals surface area contributed by atoms with Crippen LogP contribution in [0.25, 0.3) is 11.1 Å². The number of amides is 2. The fourth-order valence-electron chi connectivity index (χ4n) is 4.11. The van der Waals surface area contributed by atoms with Gasteiger partial charge < -0.3 is 21.9 Å². The molecule has 0 fully saturated rings. The van der Waals surface area contributed by atoms with Crippen molar-refractivity contribution in [3.05, 3.63) is 89.5 Å². The molecular formula is C27H31N5O3. The van der Waals surface area contributed by atoms with E-state index in [1.807, 2.05) is 55.1 Å². The van der Waals surface area contributed by atoms with Crippen molar-refractivity contribution >= 4 is 23.3 Å². The van der Waals surface area contributed by atoms with Gasteiger partial charge in [-0.05, 0) is 60.1 Å². The number of hydrogen-bond donors (Lipinski definition) is 5. The maximum atomic E-state index is 13.0. The van der Waals surface area contributed by atoms with Crippen molar-refractivity contribution in [3.63, 3.8) is 0 Å². The van der Waals surface area contributed by atoms with Crippen LogP contribution in [-0.4, -0.2) is 46.8 Å². The molecule has 2 unspecified atom stereocenters. The number of benzene rings is 3. The highest BCUT2D eigenvalue weighted by atomic mass is 16.3. The third-order valence-electron chi connectivity index (χ3n) is 5.99. The van der Waals surface area contributed by atoms with E-state index in [9.17, 15) is 14.7 Å². The highest BCUT2D eigenvalue weighted by Crippen LogP contribution is 2.29. The van der Waals surface area contributed by atoms with E-state index >= 15 is 0 Å². The monoisotopic (exact) mass is 473 g/mol. The molecule has 0 saturated carbocycles. The summed E-state index contributed by atoms with van der Waals surface area (Å²) < 4.78 is 0. The summed E-state index contributed by atoms with van der Waals surface area (Å²) in [6, 6.07) is 20.5. The van der Waals surface area contributed by atoms with Crippen LogP contribution in [0.1, 0.15) is 41.4 Å². The number of carbonyl (C=O) groups excluding carboxylic acids is 2. The summed E-state index contributed by atoms with van der Waals surface area (Å²) in [5, 5.41) is 21.3. The smallest absolute Gasteiger partial charge is 0.255 e. The average Bonchev–Trinajstić information content (AvgIpc) is 2.87. The summed E-state index contributed by atoms with van der Waals surface area (Å²) in [6.07, 6.45) is -1.34. The topological polar surface area (TPSA) is 146 Å². The van der Waals surface area contributed by atoms with Crippen LogP contribution in [0.5, 0.6) is 0 Å². The molecule has 0 aromatic heterocycles. The van der Waals surface area contributed by atoms with Gasteiger partial charge in [-0.3, -0.25) is 19.9 Å². The maximum absolute atomic E-state index is 13.0. The van der Waals surface area contributed by atoms with Crippen molar-refractivity contribution in [1.29, 1.82) is 5.41 Å². The predicted octanol–water partition coefficient (Wildman–Crippen LogP) is 3.12. The zero-order valence-corrected chi connectivity index (χ0v) is 19.9. The number of rotatable bonds is 10. The second-order valence-corrected chi connectivity index (χ2v) is 8.12. The van der Waals surface area contributed by atoms with Crippen molar-refractivity contribution in [2.45, 2.75) is 26.0 Å². The lowest BCUT2D eigenvalue weighted by molar-refractivity contribution is -0.127. The van der Waals surface area contributed by atoms with E-state index in [1.165, 1.54) is 0 Å². The first kappa shape index (κ1) is 25.6. The van der Waals surface area contributed by atoms with Gasteiger partial charge in [-0.25, -0.2) is 0 Å². The second kappa shape index (κ2) is 11.4. The Labute approximate surface area is 205 Å². The van der Waals surface area contributed by atoms with Crippen LogP contribution in [-0.2, 0) is 4.79 Å². The average molecular weight is 474 g/mol. The molecule has 182 valence electrons. The first-order valence-corrected chi connectivity index (χ1v) is 11.4. The van der Waals surface area contributed by atoms with E-state index in [1.54, 1.807) is 36.4 Å². The zero-order chi connectivity index (χ0) is 25.5. The molecule has 0 bridgehead atoms. The number of carbonyl (C=O) groups is 2. The molecule has 0 aliphatic carbocycles. The Hall–Kier alpha value is -4.01. The van der Waals surface area contributed by atoms with E-state index < -0.39 is 24.0 Å². The molecule has 0 radical (unpaired) electrons. The molecule has 3 rings (SSSR count). The summed E-state index contributed by atoms with van der Waals surface area (Å²) in [7, 11) is 0. The van der Waals surface area contributed by atoms with Crippen LogP contribution in [0.4, 0.5) is 5.69 Å². The minimum absolute atomic E-state index is 0.0635. The van der Waals surface area contributed by atoms with Crippen LogP contribution < -0.4 is 16.8 Å². The van der Waals surface area contributed by atoms with Crippen molar-refractivity contribution in [3.8, 4) is 11.1 Å². The number of nitrogens with zero attached hydrogens (tertiary/aromatic N) is 1. The highest BCUT2D eigenvalue weighted by Gasteiger charge is 2.31. The van der Waals surface area contributed by atoms with Gasteiger partial charge in [0, 0.05) is 16.8 Å². The van der Waals surface area contributed by atoms with Crippen molar-refractivity contribution in [2.24, 2.45) is 11.5 Å². The molecule has 7 N–H and O–H groups in total. The summed E-state index contributed by atoms with van der Waals surface area (Å²) in [4.78, 5) is 26.8. The molecule has 2 atom stereocenters. The van der Waals surface area contributed by atoms with Gasteiger partial charge >= 0.3 is 0 Å². The van der Waals surface area contributed by atoms with Gasteiger partial charge in [-0.15, -0.1) is 0 Å². The molecule has 3 aromatic rings.